The number of carbonyl (C=O) groups excluding carboxylic acids is 5. The molecule has 424 valence electrons. The van der Waals surface area contributed by atoms with E-state index in [1.807, 2.05) is 22.6 Å². The lowest BCUT2D eigenvalue weighted by Gasteiger charge is -2.38. The van der Waals surface area contributed by atoms with Crippen molar-refractivity contribution in [1.82, 2.24) is 45.0 Å². The number of nitrogens with two attached hydrogens (primary N) is 1. The molecule has 0 radical (unpaired) electrons. The van der Waals surface area contributed by atoms with Gasteiger partial charge < -0.3 is 50.3 Å². The van der Waals surface area contributed by atoms with E-state index in [9.17, 15) is 32.8 Å². The summed E-state index contributed by atoms with van der Waals surface area (Å²) in [4.78, 5) is 87.3. The van der Waals surface area contributed by atoms with Crippen LogP contribution in [-0.4, -0.2) is 186 Å². The predicted molar refractivity (Wildman–Crippen MR) is 299 cm³/mol. The fraction of sp³-hybridized carbons (Fsp3) is 0.544. The highest BCUT2D eigenvalue weighted by molar-refractivity contribution is 8.14. The maximum atomic E-state index is 14.8. The summed E-state index contributed by atoms with van der Waals surface area (Å²) in [6.07, 6.45) is 6.44. The number of nitrogens with one attached hydrogen (secondary N) is 2. The van der Waals surface area contributed by atoms with Crippen molar-refractivity contribution in [1.29, 1.82) is 0 Å². The number of likely N-dealkylation sites (N-methyl/N-ethyl adjacent to an activating group) is 2. The number of amides is 4. The Kier molecular flexibility index (Phi) is 18.8. The Balaban J connectivity index is 0.713. The van der Waals surface area contributed by atoms with Crippen LogP contribution < -0.4 is 21.3 Å². The third-order valence-corrected chi connectivity index (χ3v) is 17.4. The van der Waals surface area contributed by atoms with Crippen molar-refractivity contribution >= 4 is 57.7 Å². The molecule has 4 amide bonds. The first kappa shape index (κ1) is 57.4. The fourth-order valence-electron chi connectivity index (χ4n) is 11.5. The van der Waals surface area contributed by atoms with Crippen LogP contribution in [0.5, 0.6) is 0 Å². The van der Waals surface area contributed by atoms with Gasteiger partial charge in [-0.3, -0.25) is 33.6 Å². The molecule has 3 saturated heterocycles. The minimum atomic E-state index is -0.710. The Morgan fingerprint density at radius 1 is 0.911 bits per heavy atom. The normalized spacial score (nSPS) is 20.4. The van der Waals surface area contributed by atoms with Gasteiger partial charge in [0, 0.05) is 80.2 Å². The van der Waals surface area contributed by atoms with Crippen molar-refractivity contribution in [3.05, 3.63) is 94.4 Å². The number of hydrogen-bond acceptors (Lipinski definition) is 15. The minimum Gasteiger partial charge on any atom is -0.382 e. The van der Waals surface area contributed by atoms with Crippen LogP contribution in [0.15, 0.2) is 59.7 Å². The molecule has 4 aromatic rings. The van der Waals surface area contributed by atoms with Crippen LogP contribution >= 0.6 is 11.8 Å². The van der Waals surface area contributed by atoms with E-state index in [0.29, 0.717) is 99.3 Å². The number of likely N-dealkylation sites (tertiary alicyclic amines) is 2. The molecule has 9 rings (SSSR count). The number of halogens is 2. The van der Waals surface area contributed by atoms with Crippen molar-refractivity contribution in [3.63, 3.8) is 0 Å². The number of ketones is 1. The molecule has 19 nitrogen and oxygen atoms in total. The van der Waals surface area contributed by atoms with Gasteiger partial charge in [0.15, 0.2) is 5.78 Å². The van der Waals surface area contributed by atoms with Gasteiger partial charge in [-0.25, -0.2) is 13.8 Å². The summed E-state index contributed by atoms with van der Waals surface area (Å²) >= 11 is 1.49. The number of nitrogens with zero attached hydrogens (tertiary/aromatic N) is 9. The molecule has 4 N–H and O–H groups in total. The monoisotopic (exact) mass is 1110 g/mol. The lowest BCUT2D eigenvalue weighted by atomic mass is 9.88. The second kappa shape index (κ2) is 25.9. The summed E-state index contributed by atoms with van der Waals surface area (Å²) < 4.78 is 41.9. The first-order valence-electron chi connectivity index (χ1n) is 27.6. The van der Waals surface area contributed by atoms with Gasteiger partial charge in [-0.05, 0) is 133 Å². The number of carbonyl (C=O) groups is 5. The van der Waals surface area contributed by atoms with Crippen molar-refractivity contribution in [3.8, 4) is 11.1 Å². The first-order chi connectivity index (χ1) is 38.1. The molecule has 5 aliphatic heterocycles. The van der Waals surface area contributed by atoms with Gasteiger partial charge in [0.05, 0.1) is 80.5 Å². The summed E-state index contributed by atoms with van der Waals surface area (Å²) in [7, 11) is 5.19. The molecule has 1 unspecified atom stereocenters. The van der Waals surface area contributed by atoms with E-state index < -0.39 is 29.8 Å². The lowest BCUT2D eigenvalue weighted by Crippen LogP contribution is -2.58. The second-order valence-corrected chi connectivity index (χ2v) is 22.4. The van der Waals surface area contributed by atoms with E-state index in [1.54, 1.807) is 50.1 Å². The largest absolute Gasteiger partial charge is 0.382 e. The first-order valence-corrected chi connectivity index (χ1v) is 28.6. The molecule has 2 bridgehead atoms. The number of ether oxygens (including phenoxy) is 2. The van der Waals surface area contributed by atoms with Crippen LogP contribution in [-0.2, 0) is 36.9 Å². The molecular weight excluding hydrogens is 1030 g/mol. The second-order valence-electron chi connectivity index (χ2n) is 21.3. The van der Waals surface area contributed by atoms with Gasteiger partial charge >= 0.3 is 0 Å². The van der Waals surface area contributed by atoms with Crippen LogP contribution in [0, 0.1) is 24.5 Å². The SMILES string of the molecule is CN[C@H](C)C(=O)N[C@@H](C(=O)N1CCC[C@@H]1C1=NC(C(=O)c2ccc(F)cc2)CS1)C1CCN(CCOCCOCCC(=O)N(C)CCn2nc3c(c2C)-c2cnc(N)c(c2)N2CCC[C@@H]2c2cc(F)ccc2C(=O)N(C)C3)CC1. The van der Waals surface area contributed by atoms with Crippen molar-refractivity contribution in [2.45, 2.75) is 102 Å². The van der Waals surface area contributed by atoms with E-state index in [1.165, 1.54) is 48.2 Å². The number of aliphatic imine (C=N–C) groups is 1. The molecule has 0 aliphatic carbocycles. The number of Topliss-reactive ketones (excluding diaryl/α,β-unsaturated/α-hetero) is 1. The highest BCUT2D eigenvalue weighted by Gasteiger charge is 2.43. The van der Waals surface area contributed by atoms with E-state index in [2.05, 4.69) is 25.4 Å². The van der Waals surface area contributed by atoms with E-state index in [-0.39, 0.29) is 67.0 Å². The third kappa shape index (κ3) is 13.1. The number of aromatic nitrogens is 3. The lowest BCUT2D eigenvalue weighted by molar-refractivity contribution is -0.138. The Hall–Kier alpha value is -6.33. The molecule has 2 aromatic heterocycles. The van der Waals surface area contributed by atoms with E-state index >= 15 is 0 Å². The van der Waals surface area contributed by atoms with E-state index in [0.717, 1.165) is 66.3 Å². The Morgan fingerprint density at radius 2 is 1.63 bits per heavy atom. The average Bonchev–Trinajstić information content (AvgIpc) is 4.32. The smallest absolute Gasteiger partial charge is 0.254 e. The highest BCUT2D eigenvalue weighted by Crippen LogP contribution is 2.43. The van der Waals surface area contributed by atoms with Crippen molar-refractivity contribution < 1.29 is 42.2 Å². The Labute approximate surface area is 465 Å². The quantitative estimate of drug-likeness (QED) is 0.0776. The zero-order valence-corrected chi connectivity index (χ0v) is 46.7. The molecule has 3 fully saturated rings. The standard InChI is InChI=1S/C57H74F2N12O7S/c1-35(61-3)54(74)64-51(57(76)70-20-7-9-47(70)55-63-45(34-79-55)52(73)38-10-12-40(58)13-11-38)37-16-21-68(22-17-37)25-27-78-29-28-77-26-18-49(72)66(4)23-24-71-36(2)50-39-30-48(53(60)62-32-39)69-19-6-8-46(69)43-31-41(59)14-15-42(43)56(75)67(5)33-44(50)65-71/h10-15,30-32,35,37,45-47,51,61H,6-9,16-29,33-34H2,1-5H3,(H2,60,62)(H,64,74)/t35-,45?,46-,47-,51-/m1/s1. The summed E-state index contributed by atoms with van der Waals surface area (Å²) in [5.41, 5.74) is 11.9. The third-order valence-electron chi connectivity index (χ3n) is 16.2. The van der Waals surface area contributed by atoms with Gasteiger partial charge in [-0.2, -0.15) is 5.10 Å². The fourth-order valence-corrected chi connectivity index (χ4v) is 12.7. The molecular formula is C57H74F2N12O7S. The molecule has 0 saturated carbocycles. The number of anilines is 2. The summed E-state index contributed by atoms with van der Waals surface area (Å²) in [6, 6.07) is 9.54. The highest BCUT2D eigenvalue weighted by atomic mass is 32.2. The summed E-state index contributed by atoms with van der Waals surface area (Å²) in [6.45, 7) is 9.54. The van der Waals surface area contributed by atoms with Gasteiger partial charge in [0.1, 0.15) is 29.5 Å². The zero-order chi connectivity index (χ0) is 55.9. The number of hydrogen-bond donors (Lipinski definition) is 3. The molecule has 7 heterocycles. The van der Waals surface area contributed by atoms with Gasteiger partial charge in [-0.15, -0.1) is 11.8 Å². The molecule has 79 heavy (non-hydrogen) atoms. The predicted octanol–water partition coefficient (Wildman–Crippen LogP) is 5.12. The Bertz CT molecular complexity index is 2900. The molecule has 2 aromatic carbocycles. The summed E-state index contributed by atoms with van der Waals surface area (Å²) in [5, 5.41) is 11.8. The topological polar surface area (TPSA) is 213 Å². The van der Waals surface area contributed by atoms with Gasteiger partial charge in [-0.1, -0.05) is 0 Å². The van der Waals surface area contributed by atoms with Gasteiger partial charge in [0.2, 0.25) is 17.7 Å². The molecule has 0 spiro atoms. The zero-order valence-electron chi connectivity index (χ0n) is 45.9. The maximum Gasteiger partial charge on any atom is 0.254 e. The van der Waals surface area contributed by atoms with Crippen LogP contribution in [0.2, 0.25) is 0 Å². The van der Waals surface area contributed by atoms with Crippen LogP contribution in [0.1, 0.15) is 95.6 Å². The molecule has 5 atom stereocenters. The minimum absolute atomic E-state index is 0.0747. The number of rotatable bonds is 20. The number of piperidine rings is 1. The number of nitrogen functional groups attached to an aromatic ring is 1. The Morgan fingerprint density at radius 3 is 2.39 bits per heavy atom. The van der Waals surface area contributed by atoms with Crippen molar-refractivity contribution in [2.24, 2.45) is 10.9 Å². The average molecular weight is 1110 g/mol. The molecule has 22 heteroatoms. The van der Waals surface area contributed by atoms with Crippen LogP contribution in [0.4, 0.5) is 20.3 Å². The summed E-state index contributed by atoms with van der Waals surface area (Å²) in [5.74, 6) is -0.918. The van der Waals surface area contributed by atoms with Gasteiger partial charge in [0.25, 0.3) is 5.91 Å². The maximum absolute atomic E-state index is 14.8. The number of benzene rings is 2. The number of pyridine rings is 1. The number of fused-ring (bicyclic) bond motifs is 8. The van der Waals surface area contributed by atoms with E-state index in [4.69, 9.17) is 25.3 Å². The number of thioether (sulfide) groups is 1. The van der Waals surface area contributed by atoms with Crippen LogP contribution in [0.3, 0.4) is 0 Å². The van der Waals surface area contributed by atoms with Crippen LogP contribution in [0.25, 0.3) is 11.1 Å². The van der Waals surface area contributed by atoms with Crippen molar-refractivity contribution in [2.75, 3.05) is 103 Å². The molecule has 5 aliphatic rings.